The molecule has 0 radical (unpaired) electrons. The Bertz CT molecular complexity index is 1070. The predicted octanol–water partition coefficient (Wildman–Crippen LogP) is 3.51. The first-order chi connectivity index (χ1) is 13.4. The van der Waals surface area contributed by atoms with Crippen molar-refractivity contribution in [3.05, 3.63) is 72.1 Å². The lowest BCUT2D eigenvalue weighted by molar-refractivity contribution is 0.0634. The van der Waals surface area contributed by atoms with Crippen LogP contribution in [0, 0.1) is 5.82 Å². The molecule has 28 heavy (non-hydrogen) atoms. The standard InChI is InChI=1S/C20H18FNO5S/c21-15-5-3-14(4-6-15)18-8-7-17(27-18)12-22(16-9-11-28(24,25)13-16)20(23)19-2-1-10-26-19/h1-8,10,16H,9,11-13H2. The van der Waals surface area contributed by atoms with E-state index in [1.54, 1.807) is 36.4 Å². The maximum absolute atomic E-state index is 13.1. The number of furan rings is 2. The van der Waals surface area contributed by atoms with Gasteiger partial charge in [-0.15, -0.1) is 0 Å². The summed E-state index contributed by atoms with van der Waals surface area (Å²) in [6.45, 7) is 0.112. The van der Waals surface area contributed by atoms with Gasteiger partial charge in [-0.05, 0) is 55.0 Å². The van der Waals surface area contributed by atoms with Crippen LogP contribution in [0.15, 0.2) is 63.6 Å². The molecular weight excluding hydrogens is 385 g/mol. The molecule has 8 heteroatoms. The predicted molar refractivity (Wildman–Crippen MR) is 99.7 cm³/mol. The molecule has 1 fully saturated rings. The van der Waals surface area contributed by atoms with E-state index in [0.717, 1.165) is 0 Å². The van der Waals surface area contributed by atoms with Crippen LogP contribution in [0.4, 0.5) is 4.39 Å². The number of hydrogen-bond acceptors (Lipinski definition) is 5. The lowest BCUT2D eigenvalue weighted by atomic mass is 10.2. The number of carbonyl (C=O) groups is 1. The van der Waals surface area contributed by atoms with E-state index in [0.29, 0.717) is 23.5 Å². The van der Waals surface area contributed by atoms with Gasteiger partial charge in [0.1, 0.15) is 17.3 Å². The molecule has 1 amide bonds. The van der Waals surface area contributed by atoms with Gasteiger partial charge < -0.3 is 13.7 Å². The van der Waals surface area contributed by atoms with E-state index in [-0.39, 0.29) is 35.5 Å². The minimum Gasteiger partial charge on any atom is -0.459 e. The highest BCUT2D eigenvalue weighted by atomic mass is 32.2. The van der Waals surface area contributed by atoms with Gasteiger partial charge in [-0.3, -0.25) is 4.79 Å². The van der Waals surface area contributed by atoms with Crippen molar-refractivity contribution < 1.29 is 26.4 Å². The quantitative estimate of drug-likeness (QED) is 0.651. The van der Waals surface area contributed by atoms with E-state index in [4.69, 9.17) is 8.83 Å². The number of rotatable bonds is 5. The SMILES string of the molecule is O=C(c1ccco1)N(Cc1ccc(-c2ccc(F)cc2)o1)C1CCS(=O)(=O)C1. The highest BCUT2D eigenvalue weighted by Crippen LogP contribution is 2.26. The highest BCUT2D eigenvalue weighted by Gasteiger charge is 2.36. The van der Waals surface area contributed by atoms with Crippen LogP contribution >= 0.6 is 0 Å². The van der Waals surface area contributed by atoms with Crippen LogP contribution in [0.2, 0.25) is 0 Å². The maximum Gasteiger partial charge on any atom is 0.290 e. The minimum absolute atomic E-state index is 0.0542. The topological polar surface area (TPSA) is 80.7 Å². The van der Waals surface area contributed by atoms with E-state index in [2.05, 4.69) is 0 Å². The average Bonchev–Trinajstić information content (AvgIpc) is 3.41. The zero-order chi connectivity index (χ0) is 19.7. The molecule has 0 aliphatic carbocycles. The van der Waals surface area contributed by atoms with Gasteiger partial charge in [-0.1, -0.05) is 0 Å². The van der Waals surface area contributed by atoms with Crippen molar-refractivity contribution in [2.24, 2.45) is 0 Å². The third-order valence-corrected chi connectivity index (χ3v) is 6.51. The third kappa shape index (κ3) is 3.87. The molecule has 1 aliphatic rings. The van der Waals surface area contributed by atoms with Crippen LogP contribution in [-0.4, -0.2) is 36.8 Å². The molecule has 6 nitrogen and oxygen atoms in total. The Kier molecular flexibility index (Phi) is 4.80. The molecule has 1 atom stereocenters. The smallest absolute Gasteiger partial charge is 0.290 e. The average molecular weight is 403 g/mol. The molecule has 3 heterocycles. The van der Waals surface area contributed by atoms with Crippen molar-refractivity contribution in [1.82, 2.24) is 4.90 Å². The zero-order valence-corrected chi connectivity index (χ0v) is 15.7. The first-order valence-electron chi connectivity index (χ1n) is 8.81. The third-order valence-electron chi connectivity index (χ3n) is 4.76. The van der Waals surface area contributed by atoms with Gasteiger partial charge in [-0.25, -0.2) is 12.8 Å². The van der Waals surface area contributed by atoms with Gasteiger partial charge in [0, 0.05) is 11.6 Å². The molecule has 0 saturated carbocycles. The summed E-state index contributed by atoms with van der Waals surface area (Å²) in [6.07, 6.45) is 1.77. The second kappa shape index (κ2) is 7.27. The van der Waals surface area contributed by atoms with Crippen LogP contribution in [0.5, 0.6) is 0 Å². The molecule has 4 rings (SSSR count). The number of benzene rings is 1. The largest absolute Gasteiger partial charge is 0.459 e. The van der Waals surface area contributed by atoms with Gasteiger partial charge in [0.2, 0.25) is 0 Å². The maximum atomic E-state index is 13.1. The zero-order valence-electron chi connectivity index (χ0n) is 14.9. The normalized spacial score (nSPS) is 18.2. The Hall–Kier alpha value is -2.87. The van der Waals surface area contributed by atoms with Crippen LogP contribution in [0.3, 0.4) is 0 Å². The van der Waals surface area contributed by atoms with Crippen LogP contribution in [0.25, 0.3) is 11.3 Å². The van der Waals surface area contributed by atoms with Crippen molar-refractivity contribution in [2.45, 2.75) is 19.0 Å². The second-order valence-electron chi connectivity index (χ2n) is 6.74. The Morgan fingerprint density at radius 3 is 2.57 bits per heavy atom. The fraction of sp³-hybridized carbons (Fsp3) is 0.250. The second-order valence-corrected chi connectivity index (χ2v) is 8.97. The molecule has 1 aliphatic heterocycles. The van der Waals surface area contributed by atoms with E-state index < -0.39 is 15.9 Å². The molecule has 146 valence electrons. The number of amides is 1. The first-order valence-corrected chi connectivity index (χ1v) is 10.6. The molecular formula is C20H18FNO5S. The van der Waals surface area contributed by atoms with Gasteiger partial charge in [0.15, 0.2) is 15.6 Å². The molecule has 0 bridgehead atoms. The molecule has 3 aromatic rings. The molecule has 0 spiro atoms. The van der Waals surface area contributed by atoms with Crippen molar-refractivity contribution in [2.75, 3.05) is 11.5 Å². The summed E-state index contributed by atoms with van der Waals surface area (Å²) in [5, 5.41) is 0. The van der Waals surface area contributed by atoms with Crippen LogP contribution in [-0.2, 0) is 16.4 Å². The van der Waals surface area contributed by atoms with Crippen molar-refractivity contribution in [1.29, 1.82) is 0 Å². The number of nitrogens with zero attached hydrogens (tertiary/aromatic N) is 1. The monoisotopic (exact) mass is 403 g/mol. The Morgan fingerprint density at radius 1 is 1.14 bits per heavy atom. The van der Waals surface area contributed by atoms with Crippen LogP contribution < -0.4 is 0 Å². The van der Waals surface area contributed by atoms with Gasteiger partial charge in [-0.2, -0.15) is 0 Å². The Morgan fingerprint density at radius 2 is 1.93 bits per heavy atom. The summed E-state index contributed by atoms with van der Waals surface area (Å²) in [4.78, 5) is 14.4. The minimum atomic E-state index is -3.17. The van der Waals surface area contributed by atoms with Crippen molar-refractivity contribution >= 4 is 15.7 Å². The summed E-state index contributed by atoms with van der Waals surface area (Å²) in [5.74, 6) is 0.446. The lowest BCUT2D eigenvalue weighted by Crippen LogP contribution is -2.40. The van der Waals surface area contributed by atoms with Gasteiger partial charge >= 0.3 is 0 Å². The van der Waals surface area contributed by atoms with E-state index >= 15 is 0 Å². The van der Waals surface area contributed by atoms with Crippen molar-refractivity contribution in [3.63, 3.8) is 0 Å². The molecule has 0 N–H and O–H groups in total. The lowest BCUT2D eigenvalue weighted by Gasteiger charge is -2.26. The molecule has 1 saturated heterocycles. The van der Waals surface area contributed by atoms with E-state index in [1.807, 2.05) is 0 Å². The Labute approximate surface area is 161 Å². The van der Waals surface area contributed by atoms with Crippen molar-refractivity contribution in [3.8, 4) is 11.3 Å². The fourth-order valence-electron chi connectivity index (χ4n) is 3.33. The fourth-order valence-corrected chi connectivity index (χ4v) is 5.06. The number of halogens is 1. The number of sulfone groups is 1. The summed E-state index contributed by atoms with van der Waals surface area (Å²) >= 11 is 0. The molecule has 2 aromatic heterocycles. The summed E-state index contributed by atoms with van der Waals surface area (Å²) in [6, 6.07) is 12.1. The Balaban J connectivity index is 1.59. The summed E-state index contributed by atoms with van der Waals surface area (Å²) in [7, 11) is -3.17. The van der Waals surface area contributed by atoms with Gasteiger partial charge in [0.25, 0.3) is 5.91 Å². The molecule has 1 aromatic carbocycles. The van der Waals surface area contributed by atoms with Gasteiger partial charge in [0.05, 0.1) is 24.3 Å². The van der Waals surface area contributed by atoms with E-state index in [9.17, 15) is 17.6 Å². The summed E-state index contributed by atoms with van der Waals surface area (Å²) < 4.78 is 47.9. The first kappa shape index (κ1) is 18.5. The van der Waals surface area contributed by atoms with E-state index in [1.165, 1.54) is 23.3 Å². The number of hydrogen-bond donors (Lipinski definition) is 0. The molecule has 1 unspecified atom stereocenters. The highest BCUT2D eigenvalue weighted by molar-refractivity contribution is 7.91. The van der Waals surface area contributed by atoms with Crippen LogP contribution in [0.1, 0.15) is 22.7 Å². The number of carbonyl (C=O) groups excluding carboxylic acids is 1. The summed E-state index contributed by atoms with van der Waals surface area (Å²) in [5.41, 5.74) is 0.708.